The Kier molecular flexibility index (Phi) is 5.63. The lowest BCUT2D eigenvalue weighted by molar-refractivity contribution is 0.0161. The quantitative estimate of drug-likeness (QED) is 0.788. The van der Waals surface area contributed by atoms with Crippen molar-refractivity contribution in [2.24, 2.45) is 5.92 Å². The molecule has 1 fully saturated rings. The van der Waals surface area contributed by atoms with Crippen LogP contribution in [-0.2, 0) is 4.74 Å². The molecule has 0 aromatic heterocycles. The van der Waals surface area contributed by atoms with E-state index < -0.39 is 5.60 Å². The molecule has 0 aromatic rings. The summed E-state index contributed by atoms with van der Waals surface area (Å²) >= 11 is 4.23. The average Bonchev–Trinajstić information content (AvgIpc) is 2.24. The van der Waals surface area contributed by atoms with Gasteiger partial charge in [0.05, 0.1) is 0 Å². The number of likely N-dealkylation sites (tertiary alicyclic amines) is 1. The lowest BCUT2D eigenvalue weighted by atomic mass is 9.94. The van der Waals surface area contributed by atoms with Crippen molar-refractivity contribution in [3.8, 4) is 0 Å². The van der Waals surface area contributed by atoms with Crippen molar-refractivity contribution in [3.63, 3.8) is 0 Å². The third kappa shape index (κ3) is 5.66. The molecule has 0 bridgehead atoms. The van der Waals surface area contributed by atoms with Crippen LogP contribution in [0.1, 0.15) is 46.5 Å². The Hall–Kier alpha value is -0.380. The fourth-order valence-electron chi connectivity index (χ4n) is 2.17. The summed E-state index contributed by atoms with van der Waals surface area (Å²) in [6.45, 7) is 7.42. The predicted molar refractivity (Wildman–Crippen MR) is 73.6 cm³/mol. The maximum Gasteiger partial charge on any atom is 0.410 e. The molecular weight excluding hydrogens is 234 g/mol. The number of piperidine rings is 1. The van der Waals surface area contributed by atoms with Gasteiger partial charge in [-0.1, -0.05) is 0 Å². The van der Waals surface area contributed by atoms with Gasteiger partial charge in [-0.25, -0.2) is 4.79 Å². The molecule has 17 heavy (non-hydrogen) atoms. The van der Waals surface area contributed by atoms with Crippen molar-refractivity contribution >= 4 is 18.7 Å². The van der Waals surface area contributed by atoms with Gasteiger partial charge >= 0.3 is 6.09 Å². The highest BCUT2D eigenvalue weighted by molar-refractivity contribution is 7.80. The van der Waals surface area contributed by atoms with Gasteiger partial charge in [0.15, 0.2) is 0 Å². The van der Waals surface area contributed by atoms with Gasteiger partial charge in [-0.2, -0.15) is 12.6 Å². The molecule has 1 atom stereocenters. The van der Waals surface area contributed by atoms with E-state index in [1.165, 1.54) is 12.8 Å². The third-order valence-electron chi connectivity index (χ3n) is 2.94. The van der Waals surface area contributed by atoms with Gasteiger partial charge in [-0.3, -0.25) is 0 Å². The van der Waals surface area contributed by atoms with E-state index in [1.54, 1.807) is 0 Å². The summed E-state index contributed by atoms with van der Waals surface area (Å²) in [7, 11) is 0. The first kappa shape index (κ1) is 14.7. The minimum absolute atomic E-state index is 0.159. The summed E-state index contributed by atoms with van der Waals surface area (Å²) in [4.78, 5) is 13.8. The Morgan fingerprint density at radius 3 is 2.76 bits per heavy atom. The van der Waals surface area contributed by atoms with Gasteiger partial charge < -0.3 is 9.64 Å². The van der Waals surface area contributed by atoms with E-state index >= 15 is 0 Å². The van der Waals surface area contributed by atoms with Crippen LogP contribution in [0.15, 0.2) is 0 Å². The number of thiol groups is 1. The van der Waals surface area contributed by atoms with Crippen LogP contribution in [0, 0.1) is 5.92 Å². The van der Waals surface area contributed by atoms with Gasteiger partial charge in [-0.15, -0.1) is 0 Å². The lowest BCUT2D eigenvalue weighted by Crippen LogP contribution is -2.42. The summed E-state index contributed by atoms with van der Waals surface area (Å²) in [6.07, 6.45) is 4.47. The van der Waals surface area contributed by atoms with Crippen LogP contribution in [0.4, 0.5) is 4.79 Å². The lowest BCUT2D eigenvalue weighted by Gasteiger charge is -2.34. The summed E-state index contributed by atoms with van der Waals surface area (Å²) < 4.78 is 5.40. The van der Waals surface area contributed by atoms with Gasteiger partial charge in [0, 0.05) is 13.1 Å². The smallest absolute Gasteiger partial charge is 0.410 e. The SMILES string of the molecule is CC(C)(C)OC(=O)N1CCC[C@@H](CCCS)C1. The largest absolute Gasteiger partial charge is 0.444 e. The topological polar surface area (TPSA) is 29.5 Å². The zero-order valence-electron chi connectivity index (χ0n) is 11.2. The number of hydrogen-bond donors (Lipinski definition) is 1. The van der Waals surface area contributed by atoms with E-state index in [0.717, 1.165) is 31.7 Å². The molecule has 3 nitrogen and oxygen atoms in total. The van der Waals surface area contributed by atoms with Crippen molar-refractivity contribution in [3.05, 3.63) is 0 Å². The van der Waals surface area contributed by atoms with Gasteiger partial charge in [-0.05, 0) is 58.1 Å². The Morgan fingerprint density at radius 1 is 1.47 bits per heavy atom. The van der Waals surface area contributed by atoms with Crippen molar-refractivity contribution in [1.82, 2.24) is 4.90 Å². The first-order valence-corrected chi connectivity index (χ1v) is 7.14. The summed E-state index contributed by atoms with van der Waals surface area (Å²) in [5.74, 6) is 1.56. The second kappa shape index (κ2) is 6.53. The number of amides is 1. The van der Waals surface area contributed by atoms with Crippen LogP contribution in [0.2, 0.25) is 0 Å². The molecule has 1 amide bonds. The second-order valence-corrected chi connectivity index (χ2v) is 6.25. The highest BCUT2D eigenvalue weighted by Gasteiger charge is 2.27. The van der Waals surface area contributed by atoms with Crippen LogP contribution in [0.25, 0.3) is 0 Å². The monoisotopic (exact) mass is 259 g/mol. The molecule has 1 rings (SSSR count). The number of carbonyl (C=O) groups excluding carboxylic acids is 1. The van der Waals surface area contributed by atoms with Crippen molar-refractivity contribution in [2.75, 3.05) is 18.8 Å². The van der Waals surface area contributed by atoms with E-state index in [0.29, 0.717) is 5.92 Å². The van der Waals surface area contributed by atoms with Gasteiger partial charge in [0.25, 0.3) is 0 Å². The van der Waals surface area contributed by atoms with Gasteiger partial charge in [0.2, 0.25) is 0 Å². The Balaban J connectivity index is 2.40. The highest BCUT2D eigenvalue weighted by Crippen LogP contribution is 2.22. The molecule has 0 spiro atoms. The van der Waals surface area contributed by atoms with Crippen LogP contribution >= 0.6 is 12.6 Å². The number of carbonyl (C=O) groups is 1. The van der Waals surface area contributed by atoms with E-state index in [-0.39, 0.29) is 6.09 Å². The van der Waals surface area contributed by atoms with E-state index in [2.05, 4.69) is 12.6 Å². The zero-order chi connectivity index (χ0) is 12.9. The van der Waals surface area contributed by atoms with E-state index in [4.69, 9.17) is 4.74 Å². The molecule has 1 aliphatic rings. The summed E-state index contributed by atoms with van der Waals surface area (Å²) in [5, 5.41) is 0. The first-order valence-electron chi connectivity index (χ1n) is 6.51. The molecule has 1 heterocycles. The van der Waals surface area contributed by atoms with Crippen molar-refractivity contribution in [2.45, 2.75) is 52.1 Å². The first-order chi connectivity index (χ1) is 7.92. The molecule has 100 valence electrons. The highest BCUT2D eigenvalue weighted by atomic mass is 32.1. The van der Waals surface area contributed by atoms with E-state index in [9.17, 15) is 4.79 Å². The minimum atomic E-state index is -0.394. The maximum atomic E-state index is 11.9. The van der Waals surface area contributed by atoms with Crippen LogP contribution in [-0.4, -0.2) is 35.4 Å². The number of nitrogens with zero attached hydrogens (tertiary/aromatic N) is 1. The fraction of sp³-hybridized carbons (Fsp3) is 0.923. The standard InChI is InChI=1S/C13H25NO2S/c1-13(2,3)16-12(15)14-8-4-6-11(10-14)7-5-9-17/h11,17H,4-10H2,1-3H3/t11-/m0/s1. The third-order valence-corrected chi connectivity index (χ3v) is 3.26. The molecule has 0 unspecified atom stereocenters. The van der Waals surface area contributed by atoms with E-state index in [1.807, 2.05) is 25.7 Å². The minimum Gasteiger partial charge on any atom is -0.444 e. The summed E-state index contributed by atoms with van der Waals surface area (Å²) in [5.41, 5.74) is -0.394. The Bertz CT molecular complexity index is 250. The number of ether oxygens (including phenoxy) is 1. The molecule has 0 aromatic carbocycles. The van der Waals surface area contributed by atoms with Crippen LogP contribution in [0.5, 0.6) is 0 Å². The second-order valence-electron chi connectivity index (χ2n) is 5.80. The molecule has 0 saturated carbocycles. The molecule has 0 N–H and O–H groups in total. The Labute approximate surface area is 110 Å². The molecule has 1 saturated heterocycles. The van der Waals surface area contributed by atoms with Crippen LogP contribution < -0.4 is 0 Å². The van der Waals surface area contributed by atoms with Crippen molar-refractivity contribution < 1.29 is 9.53 Å². The zero-order valence-corrected chi connectivity index (χ0v) is 12.1. The molecule has 4 heteroatoms. The normalized spacial score (nSPS) is 21.4. The molecule has 0 aliphatic carbocycles. The Morgan fingerprint density at radius 2 is 2.18 bits per heavy atom. The molecule has 0 radical (unpaired) electrons. The summed E-state index contributed by atoms with van der Waals surface area (Å²) in [6, 6.07) is 0. The van der Waals surface area contributed by atoms with Crippen LogP contribution in [0.3, 0.4) is 0 Å². The predicted octanol–water partition coefficient (Wildman–Crippen LogP) is 3.34. The molecular formula is C13H25NO2S. The number of hydrogen-bond acceptors (Lipinski definition) is 3. The van der Waals surface area contributed by atoms with Crippen molar-refractivity contribution in [1.29, 1.82) is 0 Å². The molecule has 1 aliphatic heterocycles. The maximum absolute atomic E-state index is 11.9. The van der Waals surface area contributed by atoms with Gasteiger partial charge in [0.1, 0.15) is 5.60 Å². The fourth-order valence-corrected chi connectivity index (χ4v) is 2.36. The number of rotatable bonds is 3. The average molecular weight is 259 g/mol.